The Hall–Kier alpha value is -2.69. The van der Waals surface area contributed by atoms with E-state index in [-0.39, 0.29) is 6.54 Å². The van der Waals surface area contributed by atoms with Crippen molar-refractivity contribution >= 4 is 0 Å². The van der Waals surface area contributed by atoms with Crippen LogP contribution in [-0.2, 0) is 13.0 Å². The van der Waals surface area contributed by atoms with Gasteiger partial charge in [-0.15, -0.1) is 0 Å². The maximum absolute atomic E-state index is 14.1. The lowest BCUT2D eigenvalue weighted by Gasteiger charge is -2.12. The molecule has 0 fully saturated rings. The fraction of sp³-hybridized carbons (Fsp3) is 0.286. The zero-order valence-electron chi connectivity index (χ0n) is 15.0. The van der Waals surface area contributed by atoms with Crippen LogP contribution in [0.25, 0.3) is 11.3 Å². The normalized spacial score (nSPS) is 10.9. The van der Waals surface area contributed by atoms with Gasteiger partial charge in [0.2, 0.25) is 0 Å². The van der Waals surface area contributed by atoms with Gasteiger partial charge in [-0.2, -0.15) is 0 Å². The number of benzene rings is 2. The molecule has 0 atom stereocenters. The van der Waals surface area contributed by atoms with E-state index in [4.69, 9.17) is 4.74 Å². The third-order valence-electron chi connectivity index (χ3n) is 4.45. The van der Waals surface area contributed by atoms with Crippen LogP contribution >= 0.6 is 0 Å². The minimum absolute atomic E-state index is 0.241. The van der Waals surface area contributed by atoms with Gasteiger partial charge in [-0.3, -0.25) is 0 Å². The van der Waals surface area contributed by atoms with Crippen LogP contribution in [0, 0.1) is 11.6 Å². The fourth-order valence-corrected chi connectivity index (χ4v) is 3.07. The van der Waals surface area contributed by atoms with Crippen molar-refractivity contribution in [1.82, 2.24) is 9.55 Å². The monoisotopic (exact) mass is 356 g/mol. The van der Waals surface area contributed by atoms with Crippen molar-refractivity contribution in [2.75, 3.05) is 7.11 Å². The van der Waals surface area contributed by atoms with Gasteiger partial charge in [-0.25, -0.2) is 13.8 Å². The van der Waals surface area contributed by atoms with Gasteiger partial charge in [0, 0.05) is 16.8 Å². The Morgan fingerprint density at radius 1 is 1.08 bits per heavy atom. The first-order valence-corrected chi connectivity index (χ1v) is 8.76. The van der Waals surface area contributed by atoms with Crippen molar-refractivity contribution in [3.63, 3.8) is 0 Å². The largest absolute Gasteiger partial charge is 0.496 e. The SMILES string of the molecule is CCCCc1c(-c2ccccc2OC)ncn1Cc1cccc(F)c1F. The summed E-state index contributed by atoms with van der Waals surface area (Å²) in [6, 6.07) is 12.0. The Balaban J connectivity index is 2.03. The van der Waals surface area contributed by atoms with E-state index in [2.05, 4.69) is 11.9 Å². The van der Waals surface area contributed by atoms with Crippen LogP contribution in [0.15, 0.2) is 48.8 Å². The van der Waals surface area contributed by atoms with Crippen molar-refractivity contribution in [2.24, 2.45) is 0 Å². The molecule has 3 nitrogen and oxygen atoms in total. The molecule has 0 amide bonds. The highest BCUT2D eigenvalue weighted by Crippen LogP contribution is 2.32. The van der Waals surface area contributed by atoms with Crippen LogP contribution in [0.2, 0.25) is 0 Å². The molecule has 0 saturated carbocycles. The smallest absolute Gasteiger partial charge is 0.163 e. The maximum atomic E-state index is 14.1. The van der Waals surface area contributed by atoms with Crippen molar-refractivity contribution in [2.45, 2.75) is 32.7 Å². The Morgan fingerprint density at radius 2 is 1.88 bits per heavy atom. The number of hydrogen-bond donors (Lipinski definition) is 0. The minimum atomic E-state index is -0.831. The van der Waals surface area contributed by atoms with Crippen molar-refractivity contribution in [3.8, 4) is 17.0 Å². The summed E-state index contributed by atoms with van der Waals surface area (Å²) in [5.74, 6) is -0.892. The molecule has 1 aromatic heterocycles. The summed E-state index contributed by atoms with van der Waals surface area (Å²) in [6.07, 6.45) is 4.52. The summed E-state index contributed by atoms with van der Waals surface area (Å²) in [5, 5.41) is 0. The van der Waals surface area contributed by atoms with Crippen LogP contribution in [0.1, 0.15) is 31.0 Å². The number of aromatic nitrogens is 2. The third-order valence-corrected chi connectivity index (χ3v) is 4.45. The third kappa shape index (κ3) is 3.62. The molecule has 2 aromatic carbocycles. The predicted octanol–water partition coefficient (Wildman–Crippen LogP) is 5.23. The van der Waals surface area contributed by atoms with Gasteiger partial charge in [-0.05, 0) is 31.0 Å². The van der Waals surface area contributed by atoms with Gasteiger partial charge < -0.3 is 9.30 Å². The lowest BCUT2D eigenvalue weighted by molar-refractivity contribution is 0.416. The van der Waals surface area contributed by atoms with E-state index in [0.717, 1.165) is 48.0 Å². The van der Waals surface area contributed by atoms with Crippen LogP contribution in [0.5, 0.6) is 5.75 Å². The summed E-state index contributed by atoms with van der Waals surface area (Å²) in [6.45, 7) is 2.36. The second-order valence-corrected chi connectivity index (χ2v) is 6.18. The lowest BCUT2D eigenvalue weighted by atomic mass is 10.1. The molecule has 0 aliphatic rings. The highest BCUT2D eigenvalue weighted by atomic mass is 19.2. The van der Waals surface area contributed by atoms with Gasteiger partial charge in [0.05, 0.1) is 25.7 Å². The van der Waals surface area contributed by atoms with Gasteiger partial charge in [0.25, 0.3) is 0 Å². The molecule has 0 spiro atoms. The van der Waals surface area contributed by atoms with E-state index >= 15 is 0 Å². The second kappa shape index (κ2) is 8.13. The molecule has 0 N–H and O–H groups in total. The average molecular weight is 356 g/mol. The van der Waals surface area contributed by atoms with E-state index in [1.165, 1.54) is 6.07 Å². The quantitative estimate of drug-likeness (QED) is 0.580. The molecular weight excluding hydrogens is 334 g/mol. The Morgan fingerprint density at radius 3 is 2.65 bits per heavy atom. The maximum Gasteiger partial charge on any atom is 0.163 e. The second-order valence-electron chi connectivity index (χ2n) is 6.18. The van der Waals surface area contributed by atoms with Gasteiger partial charge in [0.15, 0.2) is 11.6 Å². The molecule has 1 heterocycles. The molecule has 26 heavy (non-hydrogen) atoms. The van der Waals surface area contributed by atoms with E-state index < -0.39 is 11.6 Å². The molecule has 3 aromatic rings. The number of nitrogens with zero attached hydrogens (tertiary/aromatic N) is 2. The summed E-state index contributed by atoms with van der Waals surface area (Å²) < 4.78 is 35.0. The summed E-state index contributed by atoms with van der Waals surface area (Å²) in [5.41, 5.74) is 3.04. The van der Waals surface area contributed by atoms with Crippen LogP contribution in [0.3, 0.4) is 0 Å². The number of halogens is 2. The van der Waals surface area contributed by atoms with E-state index in [0.29, 0.717) is 5.56 Å². The molecule has 0 unspecified atom stereocenters. The summed E-state index contributed by atoms with van der Waals surface area (Å²) >= 11 is 0. The molecule has 136 valence electrons. The molecule has 0 aliphatic heterocycles. The van der Waals surface area contributed by atoms with E-state index in [1.807, 2.05) is 28.8 Å². The summed E-state index contributed by atoms with van der Waals surface area (Å²) in [4.78, 5) is 4.56. The number of ether oxygens (including phenoxy) is 1. The first kappa shape index (κ1) is 18.1. The standard InChI is InChI=1S/C21H22F2N2O/c1-3-4-11-18-21(16-9-5-6-12-19(16)26-2)24-14-25(18)13-15-8-7-10-17(22)20(15)23/h5-10,12,14H,3-4,11,13H2,1-2H3. The van der Waals surface area contributed by atoms with Crippen molar-refractivity contribution < 1.29 is 13.5 Å². The predicted molar refractivity (Wildman–Crippen MR) is 98.3 cm³/mol. The average Bonchev–Trinajstić information content (AvgIpc) is 3.06. The number of rotatable bonds is 7. The topological polar surface area (TPSA) is 27.1 Å². The molecule has 0 aliphatic carbocycles. The molecule has 0 saturated heterocycles. The highest BCUT2D eigenvalue weighted by molar-refractivity contribution is 5.69. The van der Waals surface area contributed by atoms with Crippen molar-refractivity contribution in [1.29, 1.82) is 0 Å². The zero-order chi connectivity index (χ0) is 18.5. The number of hydrogen-bond acceptors (Lipinski definition) is 2. The molecule has 5 heteroatoms. The number of methoxy groups -OCH3 is 1. The van der Waals surface area contributed by atoms with Gasteiger partial charge in [0.1, 0.15) is 5.75 Å². The van der Waals surface area contributed by atoms with Gasteiger partial charge in [-0.1, -0.05) is 37.6 Å². The molecule has 0 bridgehead atoms. The molecular formula is C21H22F2N2O. The molecule has 3 rings (SSSR count). The highest BCUT2D eigenvalue weighted by Gasteiger charge is 2.17. The van der Waals surface area contributed by atoms with Crippen LogP contribution < -0.4 is 4.74 Å². The number of para-hydroxylation sites is 1. The fourth-order valence-electron chi connectivity index (χ4n) is 3.07. The Kier molecular flexibility index (Phi) is 5.66. The van der Waals surface area contributed by atoms with E-state index in [1.54, 1.807) is 19.5 Å². The van der Waals surface area contributed by atoms with E-state index in [9.17, 15) is 8.78 Å². The number of imidazole rings is 1. The Labute approximate surface area is 152 Å². The Bertz CT molecular complexity index is 889. The molecule has 0 radical (unpaired) electrons. The first-order valence-electron chi connectivity index (χ1n) is 8.76. The van der Waals surface area contributed by atoms with Crippen LogP contribution in [0.4, 0.5) is 8.78 Å². The zero-order valence-corrected chi connectivity index (χ0v) is 15.0. The van der Waals surface area contributed by atoms with Gasteiger partial charge >= 0.3 is 0 Å². The van der Waals surface area contributed by atoms with Crippen molar-refractivity contribution in [3.05, 3.63) is 71.7 Å². The number of unbranched alkanes of at least 4 members (excludes halogenated alkanes) is 1. The minimum Gasteiger partial charge on any atom is -0.496 e. The summed E-state index contributed by atoms with van der Waals surface area (Å²) in [7, 11) is 1.63. The van der Waals surface area contributed by atoms with Crippen LogP contribution in [-0.4, -0.2) is 16.7 Å². The first-order chi connectivity index (χ1) is 12.7. The lowest BCUT2D eigenvalue weighted by Crippen LogP contribution is -2.07.